The van der Waals surface area contributed by atoms with E-state index in [2.05, 4.69) is 15.8 Å². The summed E-state index contributed by atoms with van der Waals surface area (Å²) in [5, 5.41) is 21.2. The molecule has 0 aromatic heterocycles. The Balaban J connectivity index is 1.91. The van der Waals surface area contributed by atoms with Crippen molar-refractivity contribution in [3.8, 4) is 5.75 Å². The first-order chi connectivity index (χ1) is 21.3. The van der Waals surface area contributed by atoms with Crippen LogP contribution in [0.3, 0.4) is 0 Å². The Morgan fingerprint density at radius 2 is 1.73 bits per heavy atom. The molecule has 0 spiro atoms. The third-order valence-electron chi connectivity index (χ3n) is 6.93. The molecule has 45 heavy (non-hydrogen) atoms. The number of rotatable bonds is 16. The molecular formula is C32H40F2N4O6S. The monoisotopic (exact) mass is 646 g/mol. The number of sulfonamides is 1. The first-order valence-corrected chi connectivity index (χ1v) is 16.2. The fourth-order valence-electron chi connectivity index (χ4n) is 4.42. The topological polar surface area (TPSA) is 130 Å². The Morgan fingerprint density at radius 1 is 1.04 bits per heavy atom. The van der Waals surface area contributed by atoms with Crippen molar-refractivity contribution in [3.63, 3.8) is 0 Å². The van der Waals surface area contributed by atoms with Crippen molar-refractivity contribution < 1.29 is 36.7 Å². The van der Waals surface area contributed by atoms with Gasteiger partial charge in [-0.1, -0.05) is 24.2 Å². The third-order valence-corrected chi connectivity index (χ3v) is 8.14. The highest BCUT2D eigenvalue weighted by Crippen LogP contribution is 2.22. The number of carbonyl (C=O) groups excluding carboxylic acids is 1. The van der Waals surface area contributed by atoms with Gasteiger partial charge in [0.1, 0.15) is 24.0 Å². The van der Waals surface area contributed by atoms with Crippen LogP contribution in [0.25, 0.3) is 0 Å². The van der Waals surface area contributed by atoms with Gasteiger partial charge in [0, 0.05) is 37.3 Å². The minimum Gasteiger partial charge on any atom is -0.497 e. The largest absolute Gasteiger partial charge is 0.497 e. The highest BCUT2D eigenvalue weighted by Gasteiger charge is 2.25. The van der Waals surface area contributed by atoms with Gasteiger partial charge in [0.15, 0.2) is 0 Å². The fourth-order valence-corrected chi connectivity index (χ4v) is 4.91. The van der Waals surface area contributed by atoms with Crippen molar-refractivity contribution in [1.82, 2.24) is 10.6 Å². The maximum Gasteiger partial charge on any atom is 0.251 e. The zero-order chi connectivity index (χ0) is 33.1. The summed E-state index contributed by atoms with van der Waals surface area (Å²) in [5.74, 6) is -1.55. The number of aliphatic hydroxyl groups excluding tert-OH is 1. The molecular weight excluding hydrogens is 606 g/mol. The van der Waals surface area contributed by atoms with E-state index in [9.17, 15) is 27.1 Å². The number of amides is 1. The summed E-state index contributed by atoms with van der Waals surface area (Å²) in [6.45, 7) is 4.37. The molecule has 0 aliphatic carbocycles. The summed E-state index contributed by atoms with van der Waals surface area (Å²) in [6.07, 6.45) is 0.490. The van der Waals surface area contributed by atoms with E-state index in [-0.39, 0.29) is 29.8 Å². The Bertz CT molecular complexity index is 1580. The lowest BCUT2D eigenvalue weighted by Crippen LogP contribution is -2.48. The molecule has 3 rings (SSSR count). The zero-order valence-electron chi connectivity index (χ0n) is 26.0. The number of methoxy groups -OCH3 is 1. The lowest BCUT2D eigenvalue weighted by molar-refractivity contribution is 0.0830. The molecule has 13 heteroatoms. The van der Waals surface area contributed by atoms with Crippen LogP contribution < -0.4 is 19.7 Å². The molecule has 2 atom stereocenters. The average Bonchev–Trinajstić information content (AvgIpc) is 2.99. The van der Waals surface area contributed by atoms with Crippen LogP contribution in [0.5, 0.6) is 5.75 Å². The maximum absolute atomic E-state index is 14.0. The highest BCUT2D eigenvalue weighted by atomic mass is 32.2. The number of benzene rings is 3. The molecule has 0 fully saturated rings. The second-order valence-corrected chi connectivity index (χ2v) is 12.6. The van der Waals surface area contributed by atoms with E-state index in [1.54, 1.807) is 20.1 Å². The lowest BCUT2D eigenvalue weighted by Gasteiger charge is -2.26. The van der Waals surface area contributed by atoms with Crippen LogP contribution in [0.2, 0.25) is 0 Å². The third kappa shape index (κ3) is 10.8. The number of carbonyl (C=O) groups is 1. The molecule has 0 radical (unpaired) electrons. The average molecular weight is 647 g/mol. The van der Waals surface area contributed by atoms with E-state index in [1.807, 2.05) is 31.2 Å². The number of halogens is 2. The van der Waals surface area contributed by atoms with Crippen molar-refractivity contribution in [3.05, 3.63) is 94.6 Å². The number of ether oxygens (including phenoxy) is 1. The lowest BCUT2D eigenvalue weighted by atomic mass is 9.99. The fraction of sp³-hybridized carbons (Fsp3) is 0.375. The molecule has 3 N–H and O–H groups in total. The minimum atomic E-state index is -3.68. The van der Waals surface area contributed by atoms with E-state index >= 15 is 0 Å². The van der Waals surface area contributed by atoms with Gasteiger partial charge in [-0.15, -0.1) is 0 Å². The number of nitrogens with one attached hydrogen (secondary N) is 2. The summed E-state index contributed by atoms with van der Waals surface area (Å²) in [5.41, 5.74) is 2.26. The van der Waals surface area contributed by atoms with Gasteiger partial charge in [0.25, 0.3) is 5.91 Å². The van der Waals surface area contributed by atoms with E-state index in [0.29, 0.717) is 30.2 Å². The Labute approximate surface area is 263 Å². The van der Waals surface area contributed by atoms with E-state index in [4.69, 9.17) is 9.57 Å². The summed E-state index contributed by atoms with van der Waals surface area (Å²) in [4.78, 5) is 18.9. The van der Waals surface area contributed by atoms with Crippen molar-refractivity contribution in [2.24, 2.45) is 5.16 Å². The van der Waals surface area contributed by atoms with E-state index < -0.39 is 39.7 Å². The molecule has 3 aromatic rings. The second kappa shape index (κ2) is 16.3. The molecule has 0 bridgehead atoms. The van der Waals surface area contributed by atoms with Crippen LogP contribution in [-0.2, 0) is 27.8 Å². The van der Waals surface area contributed by atoms with Crippen LogP contribution in [-0.4, -0.2) is 70.9 Å². The number of hydrogen-bond donors (Lipinski definition) is 3. The van der Waals surface area contributed by atoms with Gasteiger partial charge in [-0.25, -0.2) is 17.2 Å². The van der Waals surface area contributed by atoms with Gasteiger partial charge in [0.05, 0.1) is 36.9 Å². The van der Waals surface area contributed by atoms with Gasteiger partial charge in [-0.3, -0.25) is 9.10 Å². The number of hydrogen-bond acceptors (Lipinski definition) is 8. The smallest absolute Gasteiger partial charge is 0.251 e. The van der Waals surface area contributed by atoms with Crippen LogP contribution in [0, 0.1) is 11.6 Å². The highest BCUT2D eigenvalue weighted by molar-refractivity contribution is 7.92. The minimum absolute atomic E-state index is 0.0304. The molecule has 3 aromatic carbocycles. The number of nitrogens with zero attached hydrogens (tertiary/aromatic N) is 2. The first kappa shape index (κ1) is 35.4. The first-order valence-electron chi connectivity index (χ1n) is 14.3. The molecule has 0 saturated carbocycles. The summed E-state index contributed by atoms with van der Waals surface area (Å²) < 4.78 is 59.0. The normalized spacial score (nSPS) is 13.2. The van der Waals surface area contributed by atoms with Crippen molar-refractivity contribution >= 4 is 27.3 Å². The van der Waals surface area contributed by atoms with Crippen molar-refractivity contribution in [2.75, 3.05) is 37.9 Å². The van der Waals surface area contributed by atoms with Gasteiger partial charge < -0.3 is 25.3 Å². The summed E-state index contributed by atoms with van der Waals surface area (Å²) in [7, 11) is -0.764. The molecule has 0 unspecified atom stereocenters. The second-order valence-electron chi connectivity index (χ2n) is 10.6. The van der Waals surface area contributed by atoms with Crippen LogP contribution >= 0.6 is 0 Å². The summed E-state index contributed by atoms with van der Waals surface area (Å²) >= 11 is 0. The summed E-state index contributed by atoms with van der Waals surface area (Å²) in [6, 6.07) is 13.9. The van der Waals surface area contributed by atoms with Gasteiger partial charge in [-0.2, -0.15) is 0 Å². The molecule has 10 nitrogen and oxygen atoms in total. The van der Waals surface area contributed by atoms with Crippen LogP contribution in [0.1, 0.15) is 47.3 Å². The standard InChI is InChI=1S/C32H40F2N4O6S/c1-6-10-44-37-21(2)24-15-25(17-28(16-24)38(3)45(5,41)42)32(40)36-30(14-23-11-26(33)18-27(34)12-23)31(39)20-35-19-22-8-7-9-29(13-22)43-4/h7-9,11-13,15-18,30-31,35,39H,6,10,14,19-20H2,1-5H3,(H,36,40)/b37-21+/t30-,31+/m0/s1. The number of anilines is 1. The Hall–Kier alpha value is -4.07. The quantitative estimate of drug-likeness (QED) is 0.122. The van der Waals surface area contributed by atoms with Gasteiger partial charge in [0.2, 0.25) is 10.0 Å². The van der Waals surface area contributed by atoms with Crippen molar-refractivity contribution in [1.29, 1.82) is 0 Å². The predicted octanol–water partition coefficient (Wildman–Crippen LogP) is 4.01. The van der Waals surface area contributed by atoms with Crippen LogP contribution in [0.4, 0.5) is 14.5 Å². The van der Waals surface area contributed by atoms with Crippen molar-refractivity contribution in [2.45, 2.75) is 45.4 Å². The van der Waals surface area contributed by atoms with Gasteiger partial charge in [-0.05, 0) is 73.4 Å². The molecule has 1 amide bonds. The molecule has 0 heterocycles. The number of aliphatic hydroxyl groups is 1. The predicted molar refractivity (Wildman–Crippen MR) is 170 cm³/mol. The Morgan fingerprint density at radius 3 is 2.38 bits per heavy atom. The van der Waals surface area contributed by atoms with Gasteiger partial charge >= 0.3 is 0 Å². The van der Waals surface area contributed by atoms with E-state index in [0.717, 1.165) is 40.7 Å². The number of oxime groups is 1. The van der Waals surface area contributed by atoms with Crippen LogP contribution in [0.15, 0.2) is 65.8 Å². The maximum atomic E-state index is 14.0. The van der Waals surface area contributed by atoms with E-state index in [1.165, 1.54) is 19.2 Å². The molecule has 0 aliphatic heterocycles. The molecule has 0 aliphatic rings. The molecule has 0 saturated heterocycles. The Kier molecular flexibility index (Phi) is 12.8. The molecule has 244 valence electrons. The SMILES string of the molecule is CCCO/N=C(\C)c1cc(C(=O)N[C@@H](Cc2cc(F)cc(F)c2)[C@H](O)CNCc2cccc(OC)c2)cc(N(C)S(C)(=O)=O)c1. The zero-order valence-corrected chi connectivity index (χ0v) is 26.8.